The van der Waals surface area contributed by atoms with Gasteiger partial charge in [0.1, 0.15) is 11.8 Å². The van der Waals surface area contributed by atoms with Gasteiger partial charge in [0.05, 0.1) is 6.26 Å². The molecule has 4 heterocycles. The molecule has 4 rings (SSSR count). The minimum absolute atomic E-state index is 0.0554. The van der Waals surface area contributed by atoms with E-state index < -0.39 is 0 Å². The number of hydrogen-bond donors (Lipinski definition) is 0. The minimum Gasteiger partial charge on any atom is -0.459 e. The van der Waals surface area contributed by atoms with Gasteiger partial charge in [0.15, 0.2) is 11.6 Å². The van der Waals surface area contributed by atoms with E-state index in [0.29, 0.717) is 18.8 Å². The molecule has 7 heteroatoms. The monoisotopic (exact) mass is 297 g/mol. The highest BCUT2D eigenvalue weighted by Crippen LogP contribution is 2.20. The normalized spacial score (nSPS) is 15.5. The lowest BCUT2D eigenvalue weighted by Crippen LogP contribution is -2.49. The molecule has 7 nitrogen and oxygen atoms in total. The molecule has 22 heavy (non-hydrogen) atoms. The maximum Gasteiger partial charge on any atom is 0.289 e. The van der Waals surface area contributed by atoms with E-state index >= 15 is 0 Å². The summed E-state index contributed by atoms with van der Waals surface area (Å²) in [7, 11) is 0. The molecular weight excluding hydrogens is 282 g/mol. The van der Waals surface area contributed by atoms with Crippen molar-refractivity contribution in [2.45, 2.75) is 0 Å². The molecular formula is C15H15N5O2. The van der Waals surface area contributed by atoms with Crippen LogP contribution in [0.1, 0.15) is 10.6 Å². The summed E-state index contributed by atoms with van der Waals surface area (Å²) >= 11 is 0. The molecule has 3 aromatic heterocycles. The van der Waals surface area contributed by atoms with Crippen molar-refractivity contribution in [1.29, 1.82) is 0 Å². The zero-order valence-corrected chi connectivity index (χ0v) is 11.9. The van der Waals surface area contributed by atoms with Crippen molar-refractivity contribution in [2.24, 2.45) is 0 Å². The number of hydrogen-bond acceptors (Lipinski definition) is 5. The number of furan rings is 1. The van der Waals surface area contributed by atoms with Crippen molar-refractivity contribution in [3.63, 3.8) is 0 Å². The Kier molecular flexibility index (Phi) is 3.03. The average Bonchev–Trinajstić information content (AvgIpc) is 3.25. The summed E-state index contributed by atoms with van der Waals surface area (Å²) in [5, 5.41) is 4.18. The predicted molar refractivity (Wildman–Crippen MR) is 79.8 cm³/mol. The van der Waals surface area contributed by atoms with Gasteiger partial charge in [-0.2, -0.15) is 5.10 Å². The van der Waals surface area contributed by atoms with Crippen LogP contribution in [0.15, 0.2) is 47.5 Å². The van der Waals surface area contributed by atoms with Gasteiger partial charge in [0, 0.05) is 32.4 Å². The van der Waals surface area contributed by atoms with E-state index in [9.17, 15) is 4.79 Å². The summed E-state index contributed by atoms with van der Waals surface area (Å²) in [6.45, 7) is 2.78. The van der Waals surface area contributed by atoms with Gasteiger partial charge in [-0.1, -0.05) is 0 Å². The smallest absolute Gasteiger partial charge is 0.289 e. The van der Waals surface area contributed by atoms with Gasteiger partial charge in [-0.25, -0.2) is 9.50 Å². The van der Waals surface area contributed by atoms with Gasteiger partial charge in [0.2, 0.25) is 0 Å². The summed E-state index contributed by atoms with van der Waals surface area (Å²) in [5.74, 6) is 1.25. The number of rotatable bonds is 2. The van der Waals surface area contributed by atoms with Crippen LogP contribution in [0, 0.1) is 0 Å². The van der Waals surface area contributed by atoms with Gasteiger partial charge in [0.25, 0.3) is 5.91 Å². The van der Waals surface area contributed by atoms with E-state index in [2.05, 4.69) is 15.0 Å². The maximum absolute atomic E-state index is 12.3. The first-order valence-electron chi connectivity index (χ1n) is 7.19. The lowest BCUT2D eigenvalue weighted by atomic mass is 10.2. The molecule has 0 atom stereocenters. The molecule has 0 unspecified atom stereocenters. The van der Waals surface area contributed by atoms with Crippen LogP contribution < -0.4 is 4.90 Å². The van der Waals surface area contributed by atoms with Crippen molar-refractivity contribution in [3.05, 3.63) is 48.8 Å². The van der Waals surface area contributed by atoms with Gasteiger partial charge >= 0.3 is 0 Å². The van der Waals surface area contributed by atoms with Crippen LogP contribution in [-0.2, 0) is 0 Å². The Hall–Kier alpha value is -2.83. The summed E-state index contributed by atoms with van der Waals surface area (Å²) in [6, 6.07) is 7.37. The summed E-state index contributed by atoms with van der Waals surface area (Å²) in [4.78, 5) is 20.6. The molecule has 1 amide bonds. The first-order valence-corrected chi connectivity index (χ1v) is 7.19. The SMILES string of the molecule is O=C(c1ccco1)N1CCN(c2ncnn3cccc23)CC1. The molecule has 0 bridgehead atoms. The maximum atomic E-state index is 12.3. The van der Waals surface area contributed by atoms with E-state index in [4.69, 9.17) is 4.42 Å². The number of aromatic nitrogens is 3. The number of carbonyl (C=O) groups is 1. The van der Waals surface area contributed by atoms with E-state index in [1.165, 1.54) is 6.26 Å². The molecule has 1 aliphatic heterocycles. The molecule has 0 saturated carbocycles. The minimum atomic E-state index is -0.0554. The molecule has 112 valence electrons. The van der Waals surface area contributed by atoms with Crippen LogP contribution in [0.5, 0.6) is 0 Å². The highest BCUT2D eigenvalue weighted by molar-refractivity contribution is 5.91. The molecule has 1 saturated heterocycles. The number of nitrogens with zero attached hydrogens (tertiary/aromatic N) is 5. The Morgan fingerprint density at radius 2 is 2.00 bits per heavy atom. The van der Waals surface area contributed by atoms with Crippen LogP contribution in [0.4, 0.5) is 5.82 Å². The van der Waals surface area contributed by atoms with Gasteiger partial charge in [-0.15, -0.1) is 0 Å². The van der Waals surface area contributed by atoms with Crippen molar-refractivity contribution < 1.29 is 9.21 Å². The van der Waals surface area contributed by atoms with E-state index in [1.807, 2.05) is 27.7 Å². The molecule has 0 aromatic carbocycles. The number of amides is 1. The van der Waals surface area contributed by atoms with Crippen LogP contribution in [0.25, 0.3) is 5.52 Å². The number of anilines is 1. The van der Waals surface area contributed by atoms with Crippen molar-refractivity contribution in [2.75, 3.05) is 31.1 Å². The Balaban J connectivity index is 1.50. The zero-order chi connectivity index (χ0) is 14.9. The Morgan fingerprint density at radius 3 is 2.77 bits per heavy atom. The largest absolute Gasteiger partial charge is 0.459 e. The molecule has 0 aliphatic carbocycles. The lowest BCUT2D eigenvalue weighted by molar-refractivity contribution is 0.0714. The quantitative estimate of drug-likeness (QED) is 0.713. The third-order valence-electron chi connectivity index (χ3n) is 3.91. The van der Waals surface area contributed by atoms with Crippen LogP contribution in [-0.4, -0.2) is 51.6 Å². The van der Waals surface area contributed by atoms with Crippen molar-refractivity contribution in [3.8, 4) is 0 Å². The van der Waals surface area contributed by atoms with Crippen molar-refractivity contribution in [1.82, 2.24) is 19.5 Å². The van der Waals surface area contributed by atoms with Gasteiger partial charge in [-0.05, 0) is 24.3 Å². The highest BCUT2D eigenvalue weighted by Gasteiger charge is 2.25. The molecule has 0 N–H and O–H groups in total. The van der Waals surface area contributed by atoms with E-state index in [-0.39, 0.29) is 5.91 Å². The molecule has 0 spiro atoms. The first kappa shape index (κ1) is 12.9. The second kappa shape index (κ2) is 5.18. The highest BCUT2D eigenvalue weighted by atomic mass is 16.3. The average molecular weight is 297 g/mol. The molecule has 1 aliphatic rings. The number of piperazine rings is 1. The Morgan fingerprint density at radius 1 is 1.14 bits per heavy atom. The van der Waals surface area contributed by atoms with Gasteiger partial charge < -0.3 is 14.2 Å². The van der Waals surface area contributed by atoms with Crippen molar-refractivity contribution >= 4 is 17.2 Å². The number of fused-ring (bicyclic) bond motifs is 1. The fourth-order valence-electron chi connectivity index (χ4n) is 2.77. The second-order valence-electron chi connectivity index (χ2n) is 5.18. The molecule has 0 radical (unpaired) electrons. The van der Waals surface area contributed by atoms with Gasteiger partial charge in [-0.3, -0.25) is 4.79 Å². The Bertz CT molecular complexity index is 787. The molecule has 3 aromatic rings. The van der Waals surface area contributed by atoms with Crippen LogP contribution in [0.3, 0.4) is 0 Å². The van der Waals surface area contributed by atoms with Crippen LogP contribution >= 0.6 is 0 Å². The fraction of sp³-hybridized carbons (Fsp3) is 0.267. The zero-order valence-electron chi connectivity index (χ0n) is 11.9. The third-order valence-corrected chi connectivity index (χ3v) is 3.91. The summed E-state index contributed by atoms with van der Waals surface area (Å²) < 4.78 is 6.99. The fourth-order valence-corrected chi connectivity index (χ4v) is 2.77. The lowest BCUT2D eigenvalue weighted by Gasteiger charge is -2.35. The first-order chi connectivity index (χ1) is 10.8. The second-order valence-corrected chi connectivity index (χ2v) is 5.18. The third kappa shape index (κ3) is 2.11. The standard InChI is InChI=1S/C15H15N5O2/c21-15(13-4-2-10-22-13)19-8-6-18(7-9-19)14-12-3-1-5-20(12)17-11-16-14/h1-5,10-11H,6-9H2. The van der Waals surface area contributed by atoms with Crippen LogP contribution in [0.2, 0.25) is 0 Å². The predicted octanol–water partition coefficient (Wildman–Crippen LogP) is 1.28. The summed E-state index contributed by atoms with van der Waals surface area (Å²) in [6.07, 6.45) is 4.98. The molecule has 1 fully saturated rings. The van der Waals surface area contributed by atoms with E-state index in [0.717, 1.165) is 24.4 Å². The Labute approximate surface area is 126 Å². The topological polar surface area (TPSA) is 66.9 Å². The van der Waals surface area contributed by atoms with E-state index in [1.54, 1.807) is 18.5 Å². The number of carbonyl (C=O) groups excluding carboxylic acids is 1. The summed E-state index contributed by atoms with van der Waals surface area (Å²) in [5.41, 5.74) is 0.980.